The zero-order chi connectivity index (χ0) is 103. The molecule has 0 saturated carbocycles. The average molecular weight is 2040 g/mol. The number of piperazine rings is 4. The maximum Gasteiger partial charge on any atom is 0.264 e. The van der Waals surface area contributed by atoms with E-state index in [9.17, 15) is 42.7 Å². The van der Waals surface area contributed by atoms with Gasteiger partial charge in [-0.3, -0.25) is 77.6 Å². The van der Waals surface area contributed by atoms with Crippen LogP contribution in [0.15, 0.2) is 243 Å². The number of hydrogen-bond acceptors (Lipinski definition) is 24. The molecule has 31 heteroatoms. The minimum Gasteiger partial charge on any atom is -0.493 e. The van der Waals surface area contributed by atoms with Gasteiger partial charge in [-0.05, 0) is 192 Å². The zero-order valence-corrected chi connectivity index (χ0v) is 85.9. The van der Waals surface area contributed by atoms with E-state index in [4.69, 9.17) is 61.1 Å². The van der Waals surface area contributed by atoms with Crippen molar-refractivity contribution in [1.29, 1.82) is 0 Å². The molecule has 9 heterocycles. The molecule has 0 N–H and O–H groups in total. The SMILES string of the molecule is COc1cc2c(cc1OC)C(N1C(=O)c3cccc(N4CCN(Cc5ccccc5)CC4)c3C1=O)CC2.COc1ccc(CN2C(=O)c3c(Cl)ccc(N4CC5CCC(C4)N5Cc4ccccc4)c3C2=O)cc1OC.COc1ccc(CN2C(=O)c3c(Cl)ccc(N4CCN([C@H](C)c5ccccc5)CC4)c3C2=O)cc1OC.COc1ccc(CN2C(=O)c3cccc(N4CCN(Cc5ccc(F)cc5)CC4)c3C2=O)cc1OC. The van der Waals surface area contributed by atoms with Crippen molar-refractivity contribution >= 4 is 93.2 Å². The topological polar surface area (TPSA) is 249 Å². The van der Waals surface area contributed by atoms with E-state index in [0.29, 0.717) is 120 Å². The summed E-state index contributed by atoms with van der Waals surface area (Å²) in [4.78, 5) is 132. The number of imide groups is 4. The molecule has 10 aliphatic rings. The predicted octanol–water partition coefficient (Wildman–Crippen LogP) is 18.3. The molecule has 0 spiro atoms. The molecule has 4 atom stereocenters. The fourth-order valence-corrected chi connectivity index (χ4v) is 22.7. The molecule has 0 aromatic heterocycles. The molecule has 12 aromatic rings. The lowest BCUT2D eigenvalue weighted by Gasteiger charge is -2.42. The summed E-state index contributed by atoms with van der Waals surface area (Å²) in [5.41, 5.74) is 15.9. The first-order valence-electron chi connectivity index (χ1n) is 50.0. The van der Waals surface area contributed by atoms with Crippen LogP contribution >= 0.6 is 23.2 Å². The Morgan fingerprint density at radius 2 is 0.676 bits per heavy atom. The molecule has 5 fully saturated rings. The molecule has 8 amide bonds. The van der Waals surface area contributed by atoms with Crippen molar-refractivity contribution in [2.75, 3.05) is 168 Å². The molecule has 9 aliphatic heterocycles. The van der Waals surface area contributed by atoms with Crippen LogP contribution in [0.1, 0.15) is 171 Å². The van der Waals surface area contributed by atoms with E-state index < -0.39 is 0 Å². The number of methoxy groups -OCH3 is 8. The maximum absolute atomic E-state index is 13.9. The summed E-state index contributed by atoms with van der Waals surface area (Å²) in [5, 5.41) is 0.603. The van der Waals surface area contributed by atoms with E-state index in [1.807, 2.05) is 97.1 Å². The van der Waals surface area contributed by atoms with Crippen LogP contribution in [0.5, 0.6) is 46.0 Å². The normalized spacial score (nSPS) is 18.1. The van der Waals surface area contributed by atoms with Crippen molar-refractivity contribution in [3.05, 3.63) is 353 Å². The molecule has 3 unspecified atom stereocenters. The second-order valence-corrected chi connectivity index (χ2v) is 39.1. The number of ether oxygens (including phenoxy) is 8. The monoisotopic (exact) mass is 2040 g/mol. The number of carbonyl (C=O) groups excluding carboxylic acids is 8. The Hall–Kier alpha value is -14.9. The van der Waals surface area contributed by atoms with Gasteiger partial charge in [-0.2, -0.15) is 0 Å². The van der Waals surface area contributed by atoms with E-state index in [2.05, 4.69) is 119 Å². The second-order valence-electron chi connectivity index (χ2n) is 38.3. The Balaban J connectivity index is 0.000000124. The smallest absolute Gasteiger partial charge is 0.264 e. The summed E-state index contributed by atoms with van der Waals surface area (Å²) in [6, 6.07) is 77.3. The zero-order valence-electron chi connectivity index (χ0n) is 84.4. The first kappa shape index (κ1) is 102. The number of benzene rings is 12. The Morgan fingerprint density at radius 1 is 0.311 bits per heavy atom. The minimum absolute atomic E-state index is 0.116. The number of carbonyl (C=O) groups is 8. The van der Waals surface area contributed by atoms with Crippen molar-refractivity contribution < 1.29 is 80.6 Å². The van der Waals surface area contributed by atoms with Gasteiger partial charge in [0.15, 0.2) is 46.0 Å². The highest BCUT2D eigenvalue weighted by molar-refractivity contribution is 6.39. The van der Waals surface area contributed by atoms with Crippen LogP contribution in [0.25, 0.3) is 0 Å². The number of aryl methyl sites for hydroxylation is 1. The maximum atomic E-state index is 13.9. The van der Waals surface area contributed by atoms with Gasteiger partial charge >= 0.3 is 0 Å². The highest BCUT2D eigenvalue weighted by Crippen LogP contribution is 2.49. The fraction of sp³-hybridized carbons (Fsp3) is 0.316. The van der Waals surface area contributed by atoms with Gasteiger partial charge < -0.3 is 57.5 Å². The van der Waals surface area contributed by atoms with Crippen molar-refractivity contribution in [2.24, 2.45) is 0 Å². The van der Waals surface area contributed by atoms with Crippen molar-refractivity contribution in [1.82, 2.24) is 39.2 Å². The number of hydrogen-bond donors (Lipinski definition) is 0. The Kier molecular flexibility index (Phi) is 30.8. The van der Waals surface area contributed by atoms with Crippen LogP contribution < -0.4 is 57.5 Å². The molecule has 764 valence electrons. The molecule has 2 bridgehead atoms. The summed E-state index contributed by atoms with van der Waals surface area (Å²) in [5.74, 6) is 2.07. The number of amides is 8. The molecule has 5 saturated heterocycles. The largest absolute Gasteiger partial charge is 0.493 e. The highest BCUT2D eigenvalue weighted by atomic mass is 35.5. The third-order valence-corrected chi connectivity index (χ3v) is 30.7. The van der Waals surface area contributed by atoms with Crippen LogP contribution in [0.3, 0.4) is 0 Å². The summed E-state index contributed by atoms with van der Waals surface area (Å²) >= 11 is 13.0. The molecule has 1 aliphatic carbocycles. The molecule has 12 aromatic carbocycles. The van der Waals surface area contributed by atoms with Crippen LogP contribution in [-0.2, 0) is 45.7 Å². The van der Waals surface area contributed by atoms with Crippen LogP contribution in [0, 0.1) is 5.82 Å². The third kappa shape index (κ3) is 20.6. The number of fused-ring (bicyclic) bond motifs is 7. The molecular formula is C117H119Cl2FN12O16. The van der Waals surface area contributed by atoms with Crippen LogP contribution in [0.4, 0.5) is 27.1 Å². The summed E-state index contributed by atoms with van der Waals surface area (Å²) < 4.78 is 56.2. The summed E-state index contributed by atoms with van der Waals surface area (Å²) in [7, 11) is 12.6. The van der Waals surface area contributed by atoms with Gasteiger partial charge in [0.05, 0.1) is 160 Å². The fourth-order valence-electron chi connectivity index (χ4n) is 22.3. The van der Waals surface area contributed by atoms with E-state index in [1.165, 1.54) is 48.4 Å². The molecule has 0 radical (unpaired) electrons. The molecule has 148 heavy (non-hydrogen) atoms. The summed E-state index contributed by atoms with van der Waals surface area (Å²) in [6.07, 6.45) is 3.73. The minimum atomic E-state index is -0.377. The Labute approximate surface area is 871 Å². The number of anilines is 4. The van der Waals surface area contributed by atoms with Crippen LogP contribution in [-0.4, -0.2) is 247 Å². The van der Waals surface area contributed by atoms with Gasteiger partial charge in [0.1, 0.15) is 5.82 Å². The third-order valence-electron chi connectivity index (χ3n) is 30.0. The lowest BCUT2D eigenvalue weighted by molar-refractivity contribution is 0.0575. The Morgan fingerprint density at radius 3 is 1.13 bits per heavy atom. The summed E-state index contributed by atoms with van der Waals surface area (Å²) in [6.45, 7) is 16.6. The van der Waals surface area contributed by atoms with Gasteiger partial charge in [0.25, 0.3) is 47.3 Å². The first-order chi connectivity index (χ1) is 72.0. The number of nitrogens with zero attached hydrogens (tertiary/aromatic N) is 12. The predicted molar refractivity (Wildman–Crippen MR) is 566 cm³/mol. The Bertz CT molecular complexity index is 6990. The van der Waals surface area contributed by atoms with Gasteiger partial charge in [-0.15, -0.1) is 0 Å². The molecule has 28 nitrogen and oxygen atoms in total. The highest BCUT2D eigenvalue weighted by Gasteiger charge is 2.49. The average Bonchev–Trinajstić information content (AvgIpc) is 1.67. The standard InChI is InChI=1S/C30H30ClN3O4.C30H31N3O4.C29H30ClN3O4.C28H28FN3O4/c1-37-25-13-8-20(14-26(25)38-2)16-34-29(35)27-23(31)11-12-24(28(27)30(34)36)32-17-21-9-10-22(18-32)33(21)15-19-6-4-3-5-7-19;1-36-26-17-21-11-12-24(23(21)18-27(26)37-2)33-29(34)22-9-6-10-25(28(22)30(33)35)32-15-13-31(14-16-32)19-20-7-4-3-5-8-20;1-19(21-7-5-4-6-8-21)31-13-15-32(16-14-31)23-11-10-22(30)26-27(23)29(35)33(28(26)34)18-20-9-12-24(36-2)25(17-20)37-3;1-35-24-11-8-20(16-25(24)36-2)18-32-27(33)22-4-3-5-23(26(22)28(32)34)31-14-12-30(13-15-31)17-19-6-9-21(29)10-7-19/h3-8,11-14,21-22H,9-10,15-18H2,1-2H3;3-10,17-18,24H,11-16,19H2,1-2H3;4-12,17,19H,13-16,18H2,1-3H3;3-11,16H,12-15,17-18H2,1-2H3/t;;19-;/m..1./s1. The lowest BCUT2D eigenvalue weighted by atomic mass is 10.0. The van der Waals surface area contributed by atoms with E-state index in [0.717, 1.165) is 187 Å². The quantitative estimate of drug-likeness (QED) is 0.0434. The van der Waals surface area contributed by atoms with Gasteiger partial charge in [-0.1, -0.05) is 157 Å². The second kappa shape index (κ2) is 44.8. The van der Waals surface area contributed by atoms with Crippen molar-refractivity contribution in [3.8, 4) is 46.0 Å². The van der Waals surface area contributed by atoms with Gasteiger partial charge in [-0.25, -0.2) is 4.39 Å². The van der Waals surface area contributed by atoms with Crippen LogP contribution in [0.2, 0.25) is 10.0 Å². The first-order valence-corrected chi connectivity index (χ1v) is 50.8. The number of rotatable bonds is 27. The van der Waals surface area contributed by atoms with Crippen molar-refractivity contribution in [2.45, 2.75) is 96.0 Å². The van der Waals surface area contributed by atoms with Gasteiger partial charge in [0.2, 0.25) is 0 Å². The van der Waals surface area contributed by atoms with Crippen molar-refractivity contribution in [3.63, 3.8) is 0 Å². The van der Waals surface area contributed by atoms with E-state index >= 15 is 0 Å². The van der Waals surface area contributed by atoms with Gasteiger partial charge in [0, 0.05) is 129 Å². The molecule has 22 rings (SSSR count). The van der Waals surface area contributed by atoms with E-state index in [-0.39, 0.29) is 84.3 Å². The molecular weight excluding hydrogens is 1920 g/mol. The van der Waals surface area contributed by atoms with E-state index in [1.54, 1.807) is 118 Å². The number of halogens is 3. The lowest BCUT2D eigenvalue weighted by Crippen LogP contribution is -2.53.